The Morgan fingerprint density at radius 2 is 1.54 bits per heavy atom. The molecule has 2 N–H and O–H groups in total. The maximum absolute atomic E-state index is 12.2. The first-order valence-corrected chi connectivity index (χ1v) is 10.7. The highest BCUT2D eigenvalue weighted by atomic mass is 16.4. The molecule has 158 valence electrons. The van der Waals surface area contributed by atoms with E-state index in [0.717, 1.165) is 57.8 Å². The standard InChI is InChI=1S/C23H37NO4/c1-2-3-4-5-6-7-8-9-10-11-12-13-14-15-16-17-22(26)24-19-20(25)18-21(24)23(27)28/h3-4,6-7,9-10,20-21,25H,2,5,8,11-19H2,1H3,(H,27,28)/b4-3+,7-6+,10-9+/t20?,21-/m0/s1. The Labute approximate surface area is 169 Å². The van der Waals surface area contributed by atoms with E-state index < -0.39 is 18.1 Å². The van der Waals surface area contributed by atoms with Gasteiger partial charge in [-0.1, -0.05) is 62.6 Å². The van der Waals surface area contributed by atoms with Gasteiger partial charge in [0.2, 0.25) is 5.91 Å². The summed E-state index contributed by atoms with van der Waals surface area (Å²) in [5.41, 5.74) is 0. The average Bonchev–Trinajstić information content (AvgIpc) is 3.07. The molecule has 0 aromatic rings. The summed E-state index contributed by atoms with van der Waals surface area (Å²) in [6.45, 7) is 2.28. The van der Waals surface area contributed by atoms with Crippen molar-refractivity contribution in [1.29, 1.82) is 0 Å². The van der Waals surface area contributed by atoms with Crippen LogP contribution in [0, 0.1) is 0 Å². The Hall–Kier alpha value is -1.88. The first kappa shape index (κ1) is 24.2. The zero-order valence-electron chi connectivity index (χ0n) is 17.3. The lowest BCUT2D eigenvalue weighted by Gasteiger charge is -2.21. The van der Waals surface area contributed by atoms with E-state index in [0.29, 0.717) is 6.42 Å². The molecule has 2 atom stereocenters. The zero-order chi connectivity index (χ0) is 20.6. The Bertz CT molecular complexity index is 539. The van der Waals surface area contributed by atoms with Gasteiger partial charge in [-0.05, 0) is 38.5 Å². The molecule has 0 spiro atoms. The van der Waals surface area contributed by atoms with Gasteiger partial charge in [0.05, 0.1) is 6.10 Å². The van der Waals surface area contributed by atoms with Crippen molar-refractivity contribution in [2.75, 3.05) is 6.54 Å². The number of carboxylic acids is 1. The number of rotatable bonds is 14. The number of aliphatic hydroxyl groups excluding tert-OH is 1. The lowest BCUT2D eigenvalue weighted by molar-refractivity contribution is -0.148. The van der Waals surface area contributed by atoms with Crippen molar-refractivity contribution in [2.24, 2.45) is 0 Å². The number of amides is 1. The van der Waals surface area contributed by atoms with Crippen molar-refractivity contribution < 1.29 is 19.8 Å². The minimum atomic E-state index is -1.03. The lowest BCUT2D eigenvalue weighted by Crippen LogP contribution is -2.40. The van der Waals surface area contributed by atoms with E-state index in [-0.39, 0.29) is 18.9 Å². The van der Waals surface area contributed by atoms with Crippen molar-refractivity contribution in [3.63, 3.8) is 0 Å². The van der Waals surface area contributed by atoms with Crippen molar-refractivity contribution >= 4 is 11.9 Å². The van der Waals surface area contributed by atoms with Gasteiger partial charge in [0.15, 0.2) is 0 Å². The van der Waals surface area contributed by atoms with E-state index in [4.69, 9.17) is 5.11 Å². The summed E-state index contributed by atoms with van der Waals surface area (Å²) in [5.74, 6) is -1.17. The fraction of sp³-hybridized carbons (Fsp3) is 0.652. The first-order valence-electron chi connectivity index (χ1n) is 10.7. The predicted octanol–water partition coefficient (Wildman–Crippen LogP) is 4.62. The molecule has 1 unspecified atom stereocenters. The third-order valence-corrected chi connectivity index (χ3v) is 4.93. The number of hydrogen-bond acceptors (Lipinski definition) is 3. The highest BCUT2D eigenvalue weighted by molar-refractivity contribution is 5.84. The summed E-state index contributed by atoms with van der Waals surface area (Å²) in [6.07, 6.45) is 22.4. The summed E-state index contributed by atoms with van der Waals surface area (Å²) >= 11 is 0. The Balaban J connectivity index is 2.00. The largest absolute Gasteiger partial charge is 0.480 e. The molecule has 1 aliphatic rings. The Kier molecular flexibility index (Phi) is 13.0. The van der Waals surface area contributed by atoms with Gasteiger partial charge in [-0.3, -0.25) is 4.79 Å². The second kappa shape index (κ2) is 15.1. The number of nitrogens with zero attached hydrogens (tertiary/aromatic N) is 1. The highest BCUT2D eigenvalue weighted by Crippen LogP contribution is 2.20. The van der Waals surface area contributed by atoms with Gasteiger partial charge in [0.25, 0.3) is 0 Å². The molecule has 1 saturated heterocycles. The number of β-amino-alcohol motifs (C(OH)–C–C–N with tert-alkyl or cyclic N) is 1. The fourth-order valence-electron chi connectivity index (χ4n) is 3.36. The number of unbranched alkanes of at least 4 members (excludes halogenated alkanes) is 5. The van der Waals surface area contributed by atoms with Crippen LogP contribution in [-0.2, 0) is 9.59 Å². The van der Waals surface area contributed by atoms with E-state index in [2.05, 4.69) is 43.4 Å². The number of hydrogen-bond donors (Lipinski definition) is 2. The second-order valence-corrected chi connectivity index (χ2v) is 7.39. The minimum Gasteiger partial charge on any atom is -0.480 e. The molecule has 0 aromatic heterocycles. The summed E-state index contributed by atoms with van der Waals surface area (Å²) in [5, 5.41) is 18.7. The monoisotopic (exact) mass is 391 g/mol. The molecule has 28 heavy (non-hydrogen) atoms. The minimum absolute atomic E-state index is 0.139. The quantitative estimate of drug-likeness (QED) is 0.334. The Morgan fingerprint density at radius 3 is 2.21 bits per heavy atom. The van der Waals surface area contributed by atoms with Gasteiger partial charge >= 0.3 is 5.97 Å². The van der Waals surface area contributed by atoms with Crippen molar-refractivity contribution in [3.8, 4) is 0 Å². The summed E-state index contributed by atoms with van der Waals surface area (Å²) < 4.78 is 0. The predicted molar refractivity (Wildman–Crippen MR) is 113 cm³/mol. The molecule has 1 fully saturated rings. The molecular formula is C23H37NO4. The average molecular weight is 392 g/mol. The van der Waals surface area contributed by atoms with Crippen LogP contribution in [-0.4, -0.2) is 45.7 Å². The van der Waals surface area contributed by atoms with Gasteiger partial charge < -0.3 is 15.1 Å². The number of aliphatic carboxylic acids is 1. The molecule has 0 saturated carbocycles. The van der Waals surface area contributed by atoms with Crippen LogP contribution in [0.15, 0.2) is 36.5 Å². The van der Waals surface area contributed by atoms with E-state index in [9.17, 15) is 14.7 Å². The van der Waals surface area contributed by atoms with E-state index in [1.165, 1.54) is 4.90 Å². The molecule has 1 amide bonds. The SMILES string of the molecule is CC/C=C/C/C=C/C/C=C/CCCCCCCC(=O)N1CC(O)C[C@H]1C(=O)O. The topological polar surface area (TPSA) is 77.8 Å². The summed E-state index contributed by atoms with van der Waals surface area (Å²) in [7, 11) is 0. The third-order valence-electron chi connectivity index (χ3n) is 4.93. The van der Waals surface area contributed by atoms with Crippen LogP contribution in [0.3, 0.4) is 0 Å². The van der Waals surface area contributed by atoms with Crippen LogP contribution in [0.25, 0.3) is 0 Å². The number of allylic oxidation sites excluding steroid dienone is 6. The number of aliphatic hydroxyl groups is 1. The van der Waals surface area contributed by atoms with Crippen LogP contribution >= 0.6 is 0 Å². The molecular weight excluding hydrogens is 354 g/mol. The van der Waals surface area contributed by atoms with Gasteiger partial charge in [-0.2, -0.15) is 0 Å². The zero-order valence-corrected chi connectivity index (χ0v) is 17.3. The van der Waals surface area contributed by atoms with Gasteiger partial charge in [0, 0.05) is 19.4 Å². The Morgan fingerprint density at radius 1 is 0.929 bits per heavy atom. The van der Waals surface area contributed by atoms with Crippen LogP contribution in [0.5, 0.6) is 0 Å². The van der Waals surface area contributed by atoms with E-state index in [1.807, 2.05) is 0 Å². The van der Waals surface area contributed by atoms with Crippen molar-refractivity contribution in [1.82, 2.24) is 4.90 Å². The van der Waals surface area contributed by atoms with Crippen LogP contribution in [0.2, 0.25) is 0 Å². The number of likely N-dealkylation sites (tertiary alicyclic amines) is 1. The summed E-state index contributed by atoms with van der Waals surface area (Å²) in [6, 6.07) is -0.864. The van der Waals surface area contributed by atoms with Crippen molar-refractivity contribution in [3.05, 3.63) is 36.5 Å². The van der Waals surface area contributed by atoms with Gasteiger partial charge in [0.1, 0.15) is 6.04 Å². The number of carbonyl (C=O) groups is 2. The van der Waals surface area contributed by atoms with Crippen molar-refractivity contribution in [2.45, 2.75) is 89.7 Å². The number of carboxylic acid groups (broad SMARTS) is 1. The van der Waals surface area contributed by atoms with E-state index >= 15 is 0 Å². The van der Waals surface area contributed by atoms with Gasteiger partial charge in [-0.15, -0.1) is 0 Å². The highest BCUT2D eigenvalue weighted by Gasteiger charge is 2.38. The second-order valence-electron chi connectivity index (χ2n) is 7.39. The smallest absolute Gasteiger partial charge is 0.326 e. The lowest BCUT2D eigenvalue weighted by atomic mass is 10.1. The molecule has 1 rings (SSSR count). The number of carbonyl (C=O) groups excluding carboxylic acids is 1. The first-order chi connectivity index (χ1) is 13.6. The maximum Gasteiger partial charge on any atom is 0.326 e. The van der Waals surface area contributed by atoms with Crippen LogP contribution in [0.4, 0.5) is 0 Å². The molecule has 0 aliphatic carbocycles. The third kappa shape index (κ3) is 10.5. The van der Waals surface area contributed by atoms with Gasteiger partial charge in [-0.25, -0.2) is 4.79 Å². The van der Waals surface area contributed by atoms with Crippen LogP contribution in [0.1, 0.15) is 77.6 Å². The normalized spacial score (nSPS) is 20.1. The molecule has 1 heterocycles. The molecule has 5 heteroatoms. The molecule has 0 bridgehead atoms. The molecule has 0 aromatic carbocycles. The van der Waals surface area contributed by atoms with Crippen LogP contribution < -0.4 is 0 Å². The molecule has 1 aliphatic heterocycles. The fourth-order valence-corrected chi connectivity index (χ4v) is 3.36. The maximum atomic E-state index is 12.2. The van der Waals surface area contributed by atoms with E-state index in [1.54, 1.807) is 0 Å². The molecule has 5 nitrogen and oxygen atoms in total. The summed E-state index contributed by atoms with van der Waals surface area (Å²) in [4.78, 5) is 24.7. The molecule has 0 radical (unpaired) electrons.